The van der Waals surface area contributed by atoms with Gasteiger partial charge >= 0.3 is 0 Å². The van der Waals surface area contributed by atoms with Gasteiger partial charge in [0.15, 0.2) is 0 Å². The predicted octanol–water partition coefficient (Wildman–Crippen LogP) is 2.56. The maximum atomic E-state index is 5.81. The minimum Gasteiger partial charge on any atom is -0.370 e. The fraction of sp³-hybridized carbons (Fsp3) is 0.750. The lowest BCUT2D eigenvalue weighted by Gasteiger charge is -2.26. The number of anilines is 2. The van der Waals surface area contributed by atoms with Crippen molar-refractivity contribution in [3.63, 3.8) is 0 Å². The van der Waals surface area contributed by atoms with E-state index in [0.29, 0.717) is 5.95 Å². The van der Waals surface area contributed by atoms with Crippen LogP contribution in [0.1, 0.15) is 37.4 Å². The van der Waals surface area contributed by atoms with Crippen LogP contribution in [0.4, 0.5) is 11.8 Å². The van der Waals surface area contributed by atoms with Crippen molar-refractivity contribution in [1.29, 1.82) is 0 Å². The van der Waals surface area contributed by atoms with E-state index in [4.69, 9.17) is 5.73 Å². The molecule has 5 nitrogen and oxygen atoms in total. The van der Waals surface area contributed by atoms with Gasteiger partial charge in [-0.15, -0.1) is 0 Å². The fourth-order valence-electron chi connectivity index (χ4n) is 2.75. The number of nitrogens with zero attached hydrogens (tertiary/aromatic N) is 3. The average Bonchev–Trinajstić information content (AvgIpc) is 2.51. The van der Waals surface area contributed by atoms with Crippen molar-refractivity contribution in [1.82, 2.24) is 14.9 Å². The van der Waals surface area contributed by atoms with Gasteiger partial charge < -0.3 is 16.0 Å². The van der Waals surface area contributed by atoms with Gasteiger partial charge in [0.25, 0.3) is 0 Å². The van der Waals surface area contributed by atoms with E-state index in [2.05, 4.69) is 38.9 Å². The fourth-order valence-corrected chi connectivity index (χ4v) is 3.73. The first-order valence-corrected chi connectivity index (χ1v) is 9.53. The number of nitrogen functional groups attached to an aromatic ring is 1. The quantitative estimate of drug-likeness (QED) is 0.717. The molecule has 0 spiro atoms. The van der Waals surface area contributed by atoms with Crippen molar-refractivity contribution < 1.29 is 0 Å². The molecule has 2 heterocycles. The first kappa shape index (κ1) is 17.3. The standard InChI is InChI=1S/C16H29N5S/c1-3-4-7-18-15-14(13(2)19-16(17)20-15)6-5-8-21-9-11-22-12-10-21/h3-12H2,1-2H3,(H3,17,18,19,20). The number of nitrogens with one attached hydrogen (secondary N) is 1. The number of nitrogens with two attached hydrogens (primary N) is 1. The second-order valence-electron chi connectivity index (χ2n) is 5.83. The second-order valence-corrected chi connectivity index (χ2v) is 7.06. The highest BCUT2D eigenvalue weighted by molar-refractivity contribution is 7.99. The van der Waals surface area contributed by atoms with Crippen LogP contribution in [0.5, 0.6) is 0 Å². The number of aromatic nitrogens is 2. The summed E-state index contributed by atoms with van der Waals surface area (Å²) in [5.74, 6) is 3.85. The van der Waals surface area contributed by atoms with Crippen LogP contribution in [0.25, 0.3) is 0 Å². The van der Waals surface area contributed by atoms with Gasteiger partial charge in [0.1, 0.15) is 5.82 Å². The molecule has 1 aromatic heterocycles. The molecule has 6 heteroatoms. The van der Waals surface area contributed by atoms with Crippen LogP contribution in [-0.2, 0) is 6.42 Å². The highest BCUT2D eigenvalue weighted by Crippen LogP contribution is 2.20. The summed E-state index contributed by atoms with van der Waals surface area (Å²) in [5, 5.41) is 3.44. The maximum Gasteiger partial charge on any atom is 0.222 e. The van der Waals surface area contributed by atoms with E-state index in [9.17, 15) is 0 Å². The average molecular weight is 324 g/mol. The Morgan fingerprint density at radius 3 is 2.73 bits per heavy atom. The lowest BCUT2D eigenvalue weighted by molar-refractivity contribution is 0.298. The minimum atomic E-state index is 0.369. The lowest BCUT2D eigenvalue weighted by atomic mass is 10.1. The zero-order valence-electron chi connectivity index (χ0n) is 13.9. The van der Waals surface area contributed by atoms with Gasteiger partial charge in [-0.3, -0.25) is 0 Å². The molecule has 3 N–H and O–H groups in total. The second kappa shape index (κ2) is 9.20. The largest absolute Gasteiger partial charge is 0.370 e. The summed E-state index contributed by atoms with van der Waals surface area (Å²) in [6.45, 7) is 8.80. The molecule has 1 aromatic rings. The molecule has 0 bridgehead atoms. The normalized spacial score (nSPS) is 15.9. The molecule has 124 valence electrons. The van der Waals surface area contributed by atoms with Gasteiger partial charge in [0, 0.05) is 42.4 Å². The van der Waals surface area contributed by atoms with Crippen molar-refractivity contribution in [2.75, 3.05) is 48.7 Å². The summed E-state index contributed by atoms with van der Waals surface area (Å²) in [7, 11) is 0. The van der Waals surface area contributed by atoms with Crippen LogP contribution in [0.2, 0.25) is 0 Å². The molecular formula is C16H29N5S. The number of unbranched alkanes of at least 4 members (excludes halogenated alkanes) is 1. The number of rotatable bonds is 8. The number of thioether (sulfide) groups is 1. The molecule has 1 saturated heterocycles. The van der Waals surface area contributed by atoms with Crippen LogP contribution in [0.3, 0.4) is 0 Å². The Kier molecular flexibility index (Phi) is 7.25. The Hall–Kier alpha value is -1.01. The molecule has 0 saturated carbocycles. The van der Waals surface area contributed by atoms with Crippen LogP contribution in [0.15, 0.2) is 0 Å². The number of hydrogen-bond donors (Lipinski definition) is 2. The molecule has 2 rings (SSSR count). The Balaban J connectivity index is 1.92. The van der Waals surface area contributed by atoms with Gasteiger partial charge in [-0.25, -0.2) is 4.98 Å². The van der Waals surface area contributed by atoms with Crippen LogP contribution >= 0.6 is 11.8 Å². The molecule has 1 aliphatic heterocycles. The Bertz CT molecular complexity index is 460. The van der Waals surface area contributed by atoms with Crippen molar-refractivity contribution in [2.24, 2.45) is 0 Å². The molecule has 1 fully saturated rings. The van der Waals surface area contributed by atoms with Gasteiger partial charge in [-0.05, 0) is 32.7 Å². The van der Waals surface area contributed by atoms with Crippen LogP contribution < -0.4 is 11.1 Å². The molecular weight excluding hydrogens is 294 g/mol. The maximum absolute atomic E-state index is 5.81. The highest BCUT2D eigenvalue weighted by atomic mass is 32.2. The Morgan fingerprint density at radius 1 is 1.23 bits per heavy atom. The molecule has 0 aromatic carbocycles. The zero-order chi connectivity index (χ0) is 15.8. The first-order valence-electron chi connectivity index (χ1n) is 8.37. The third-order valence-electron chi connectivity index (χ3n) is 4.06. The van der Waals surface area contributed by atoms with Crippen molar-refractivity contribution >= 4 is 23.5 Å². The van der Waals surface area contributed by atoms with E-state index in [1.165, 1.54) is 43.1 Å². The molecule has 0 unspecified atom stereocenters. The predicted molar refractivity (Wildman–Crippen MR) is 96.7 cm³/mol. The highest BCUT2D eigenvalue weighted by Gasteiger charge is 2.13. The molecule has 0 aliphatic carbocycles. The summed E-state index contributed by atoms with van der Waals surface area (Å²) >= 11 is 2.06. The summed E-state index contributed by atoms with van der Waals surface area (Å²) in [5.41, 5.74) is 8.05. The Labute approximate surface area is 138 Å². The first-order chi connectivity index (χ1) is 10.7. The monoisotopic (exact) mass is 323 g/mol. The van der Waals surface area contributed by atoms with Gasteiger partial charge in [0.05, 0.1) is 0 Å². The molecule has 1 aliphatic rings. The van der Waals surface area contributed by atoms with Gasteiger partial charge in [-0.1, -0.05) is 13.3 Å². The lowest BCUT2D eigenvalue weighted by Crippen LogP contribution is -2.33. The van der Waals surface area contributed by atoms with Crippen molar-refractivity contribution in [3.8, 4) is 0 Å². The SMILES string of the molecule is CCCCNc1nc(N)nc(C)c1CCCN1CCSCC1. The molecule has 0 radical (unpaired) electrons. The summed E-state index contributed by atoms with van der Waals surface area (Å²) in [4.78, 5) is 11.3. The van der Waals surface area contributed by atoms with E-state index < -0.39 is 0 Å². The molecule has 0 amide bonds. The molecule has 22 heavy (non-hydrogen) atoms. The van der Waals surface area contributed by atoms with Crippen molar-refractivity contribution in [2.45, 2.75) is 39.5 Å². The smallest absolute Gasteiger partial charge is 0.222 e. The van der Waals surface area contributed by atoms with Crippen molar-refractivity contribution in [3.05, 3.63) is 11.3 Å². The van der Waals surface area contributed by atoms with E-state index in [1.54, 1.807) is 0 Å². The van der Waals surface area contributed by atoms with E-state index in [1.807, 2.05) is 6.92 Å². The van der Waals surface area contributed by atoms with Crippen LogP contribution in [0, 0.1) is 6.92 Å². The van der Waals surface area contributed by atoms with E-state index in [0.717, 1.165) is 37.3 Å². The van der Waals surface area contributed by atoms with E-state index >= 15 is 0 Å². The summed E-state index contributed by atoms with van der Waals surface area (Å²) in [6, 6.07) is 0. The van der Waals surface area contributed by atoms with Gasteiger partial charge in [-0.2, -0.15) is 16.7 Å². The number of aryl methyl sites for hydroxylation is 1. The van der Waals surface area contributed by atoms with Gasteiger partial charge in [0.2, 0.25) is 5.95 Å². The Morgan fingerprint density at radius 2 is 2.00 bits per heavy atom. The number of hydrogen-bond acceptors (Lipinski definition) is 6. The third-order valence-corrected chi connectivity index (χ3v) is 5.00. The third kappa shape index (κ3) is 5.32. The summed E-state index contributed by atoms with van der Waals surface area (Å²) < 4.78 is 0. The van der Waals surface area contributed by atoms with E-state index in [-0.39, 0.29) is 0 Å². The summed E-state index contributed by atoms with van der Waals surface area (Å²) in [6.07, 6.45) is 4.49. The minimum absolute atomic E-state index is 0.369. The van der Waals surface area contributed by atoms with Crippen LogP contribution in [-0.4, -0.2) is 52.6 Å². The topological polar surface area (TPSA) is 67.1 Å². The molecule has 0 atom stereocenters. The zero-order valence-corrected chi connectivity index (χ0v) is 14.7.